The van der Waals surface area contributed by atoms with Gasteiger partial charge in [0.1, 0.15) is 0 Å². The van der Waals surface area contributed by atoms with E-state index < -0.39 is 0 Å². The fourth-order valence-electron chi connectivity index (χ4n) is 0.355. The predicted molar refractivity (Wildman–Crippen MR) is 36.6 cm³/mol. The lowest BCUT2D eigenvalue weighted by Gasteiger charge is -2.09. The van der Waals surface area contributed by atoms with Crippen LogP contribution in [0.5, 0.6) is 0 Å². The van der Waals surface area contributed by atoms with Crippen LogP contribution in [0, 0.1) is 0 Å². The molecule has 0 aliphatic carbocycles. The second-order valence-electron chi connectivity index (χ2n) is 1.69. The van der Waals surface area contributed by atoms with Crippen molar-refractivity contribution in [3.8, 4) is 0 Å². The standard InChI is InChI=1S/C5H11ClN2/c1-4(2)8-5(7)3-6/h5,8H,1,3,7H2,2H3. The second-order valence-corrected chi connectivity index (χ2v) is 1.99. The molecule has 0 heterocycles. The fourth-order valence-corrected chi connectivity index (χ4v) is 0.432. The number of nitrogens with one attached hydrogen (secondary N) is 1. The highest BCUT2D eigenvalue weighted by Gasteiger charge is 1.94. The summed E-state index contributed by atoms with van der Waals surface area (Å²) >= 11 is 5.37. The third-order valence-electron chi connectivity index (χ3n) is 0.598. The molecule has 0 amide bonds. The number of nitrogens with two attached hydrogens (primary N) is 1. The van der Waals surface area contributed by atoms with E-state index in [0.29, 0.717) is 5.88 Å². The Kier molecular flexibility index (Phi) is 3.65. The van der Waals surface area contributed by atoms with Crippen molar-refractivity contribution < 1.29 is 0 Å². The monoisotopic (exact) mass is 134 g/mol. The molecule has 3 heteroatoms. The topological polar surface area (TPSA) is 38.0 Å². The molecule has 1 unspecified atom stereocenters. The van der Waals surface area contributed by atoms with Crippen LogP contribution in [0.25, 0.3) is 0 Å². The van der Waals surface area contributed by atoms with Crippen molar-refractivity contribution in [1.82, 2.24) is 5.32 Å². The van der Waals surface area contributed by atoms with E-state index in [9.17, 15) is 0 Å². The first-order valence-electron chi connectivity index (χ1n) is 2.40. The number of hydrogen-bond donors (Lipinski definition) is 2. The van der Waals surface area contributed by atoms with Gasteiger partial charge in [-0.2, -0.15) is 0 Å². The van der Waals surface area contributed by atoms with E-state index in [-0.39, 0.29) is 6.17 Å². The molecule has 8 heavy (non-hydrogen) atoms. The molecule has 0 aromatic heterocycles. The first-order valence-corrected chi connectivity index (χ1v) is 2.94. The molecule has 0 spiro atoms. The molecule has 3 N–H and O–H groups in total. The molecule has 0 saturated heterocycles. The van der Waals surface area contributed by atoms with Gasteiger partial charge >= 0.3 is 0 Å². The molecule has 0 rings (SSSR count). The molecular formula is C5H11ClN2. The third-order valence-corrected chi connectivity index (χ3v) is 0.931. The van der Waals surface area contributed by atoms with Gasteiger partial charge in [-0.1, -0.05) is 6.58 Å². The van der Waals surface area contributed by atoms with Crippen molar-refractivity contribution in [2.75, 3.05) is 5.88 Å². The first kappa shape index (κ1) is 7.79. The summed E-state index contributed by atoms with van der Waals surface area (Å²) in [6.45, 7) is 5.43. The van der Waals surface area contributed by atoms with Crippen LogP contribution in [0.4, 0.5) is 0 Å². The molecular weight excluding hydrogens is 124 g/mol. The van der Waals surface area contributed by atoms with Crippen LogP contribution in [0.1, 0.15) is 6.92 Å². The van der Waals surface area contributed by atoms with Crippen molar-refractivity contribution >= 4 is 11.6 Å². The Morgan fingerprint density at radius 1 is 2.00 bits per heavy atom. The molecule has 1 atom stereocenters. The van der Waals surface area contributed by atoms with Crippen LogP contribution in [0.15, 0.2) is 12.3 Å². The Labute approximate surface area is 54.7 Å². The smallest absolute Gasteiger partial charge is 0.0878 e. The van der Waals surface area contributed by atoms with Crippen molar-refractivity contribution in [2.45, 2.75) is 13.1 Å². The minimum absolute atomic E-state index is 0.158. The largest absolute Gasteiger partial charge is 0.373 e. The number of halogens is 1. The molecule has 0 bridgehead atoms. The van der Waals surface area contributed by atoms with Crippen LogP contribution in [0.2, 0.25) is 0 Å². The van der Waals surface area contributed by atoms with Gasteiger partial charge in [0.15, 0.2) is 0 Å². The Bertz CT molecular complexity index is 82.5. The zero-order valence-corrected chi connectivity index (χ0v) is 5.70. The molecule has 0 aliphatic rings. The lowest BCUT2D eigenvalue weighted by Crippen LogP contribution is -2.37. The quantitative estimate of drug-likeness (QED) is 0.439. The molecule has 48 valence electrons. The summed E-state index contributed by atoms with van der Waals surface area (Å²) in [6.07, 6.45) is -0.158. The average molecular weight is 135 g/mol. The number of allylic oxidation sites excluding steroid dienone is 1. The van der Waals surface area contributed by atoms with Crippen molar-refractivity contribution in [1.29, 1.82) is 0 Å². The van der Waals surface area contributed by atoms with Gasteiger partial charge in [-0.15, -0.1) is 11.6 Å². The molecule has 0 fully saturated rings. The van der Waals surface area contributed by atoms with Gasteiger partial charge < -0.3 is 11.1 Å². The molecule has 0 aromatic carbocycles. The molecule has 0 saturated carbocycles. The van der Waals surface area contributed by atoms with E-state index in [1.807, 2.05) is 6.92 Å². The van der Waals surface area contributed by atoms with Gasteiger partial charge in [-0.05, 0) is 6.92 Å². The van der Waals surface area contributed by atoms with Gasteiger partial charge in [0.25, 0.3) is 0 Å². The minimum Gasteiger partial charge on any atom is -0.373 e. The van der Waals surface area contributed by atoms with E-state index in [4.69, 9.17) is 17.3 Å². The van der Waals surface area contributed by atoms with E-state index in [0.717, 1.165) is 5.70 Å². The van der Waals surface area contributed by atoms with E-state index in [1.165, 1.54) is 0 Å². The van der Waals surface area contributed by atoms with Crippen molar-refractivity contribution in [3.63, 3.8) is 0 Å². The third kappa shape index (κ3) is 3.96. The van der Waals surface area contributed by atoms with Gasteiger partial charge in [0.2, 0.25) is 0 Å². The van der Waals surface area contributed by atoms with Crippen molar-refractivity contribution in [2.24, 2.45) is 5.73 Å². The van der Waals surface area contributed by atoms with Gasteiger partial charge in [0, 0.05) is 5.70 Å². The van der Waals surface area contributed by atoms with Gasteiger partial charge in [0.05, 0.1) is 12.0 Å². The zero-order valence-electron chi connectivity index (χ0n) is 4.95. The van der Waals surface area contributed by atoms with E-state index >= 15 is 0 Å². The molecule has 0 aromatic rings. The summed E-state index contributed by atoms with van der Waals surface area (Å²) in [4.78, 5) is 0. The summed E-state index contributed by atoms with van der Waals surface area (Å²) in [5.74, 6) is 0.410. The second kappa shape index (κ2) is 3.75. The minimum atomic E-state index is -0.158. The number of rotatable bonds is 3. The Balaban J connectivity index is 3.24. The Morgan fingerprint density at radius 2 is 2.50 bits per heavy atom. The van der Waals surface area contributed by atoms with Crippen LogP contribution >= 0.6 is 11.6 Å². The molecule has 0 aliphatic heterocycles. The van der Waals surface area contributed by atoms with Crippen molar-refractivity contribution in [3.05, 3.63) is 12.3 Å². The van der Waals surface area contributed by atoms with Crippen LogP contribution in [-0.2, 0) is 0 Å². The number of alkyl halides is 1. The Morgan fingerprint density at radius 3 is 2.62 bits per heavy atom. The SMILES string of the molecule is C=C(C)NC(N)CCl. The summed E-state index contributed by atoms with van der Waals surface area (Å²) in [5, 5.41) is 2.84. The lowest BCUT2D eigenvalue weighted by molar-refractivity contribution is 0.648. The van der Waals surface area contributed by atoms with Gasteiger partial charge in [-0.3, -0.25) is 0 Å². The van der Waals surface area contributed by atoms with E-state index in [2.05, 4.69) is 11.9 Å². The normalized spacial score (nSPS) is 12.9. The van der Waals surface area contributed by atoms with E-state index in [1.54, 1.807) is 0 Å². The van der Waals surface area contributed by atoms with Crippen LogP contribution in [-0.4, -0.2) is 12.0 Å². The first-order chi connectivity index (χ1) is 3.66. The zero-order chi connectivity index (χ0) is 6.57. The summed E-state index contributed by atoms with van der Waals surface area (Å²) in [7, 11) is 0. The van der Waals surface area contributed by atoms with Gasteiger partial charge in [-0.25, -0.2) is 0 Å². The molecule has 2 nitrogen and oxygen atoms in total. The maximum absolute atomic E-state index is 5.37. The summed E-state index contributed by atoms with van der Waals surface area (Å²) in [5.41, 5.74) is 6.22. The lowest BCUT2D eigenvalue weighted by atomic mass is 10.5. The predicted octanol–water partition coefficient (Wildman–Crippen LogP) is 0.633. The fraction of sp³-hybridized carbons (Fsp3) is 0.600. The highest BCUT2D eigenvalue weighted by Crippen LogP contribution is 1.83. The summed E-state index contributed by atoms with van der Waals surface area (Å²) < 4.78 is 0. The highest BCUT2D eigenvalue weighted by molar-refractivity contribution is 6.18. The summed E-state index contributed by atoms with van der Waals surface area (Å²) in [6, 6.07) is 0. The van der Waals surface area contributed by atoms with Crippen LogP contribution < -0.4 is 11.1 Å². The Hall–Kier alpha value is -0.210. The maximum Gasteiger partial charge on any atom is 0.0878 e. The molecule has 0 radical (unpaired) electrons. The maximum atomic E-state index is 5.37. The number of hydrogen-bond acceptors (Lipinski definition) is 2. The average Bonchev–Trinajstić information content (AvgIpc) is 1.65. The highest BCUT2D eigenvalue weighted by atomic mass is 35.5. The van der Waals surface area contributed by atoms with Crippen LogP contribution in [0.3, 0.4) is 0 Å².